The van der Waals surface area contributed by atoms with E-state index in [1.807, 2.05) is 0 Å². The van der Waals surface area contributed by atoms with Crippen molar-refractivity contribution in [2.45, 2.75) is 18.5 Å². The van der Waals surface area contributed by atoms with Gasteiger partial charge >= 0.3 is 12.0 Å². The zero-order valence-electron chi connectivity index (χ0n) is 8.72. The van der Waals surface area contributed by atoms with Crippen molar-refractivity contribution in [2.75, 3.05) is 24.8 Å². The normalized spacial score (nSPS) is 29.4. The van der Waals surface area contributed by atoms with Crippen molar-refractivity contribution >= 4 is 23.8 Å². The number of ether oxygens (including phenoxy) is 1. The van der Waals surface area contributed by atoms with Gasteiger partial charge in [0.1, 0.15) is 6.04 Å². The molecule has 0 aliphatic carbocycles. The second-order valence-corrected chi connectivity index (χ2v) is 4.83. The van der Waals surface area contributed by atoms with Gasteiger partial charge in [0.15, 0.2) is 0 Å². The Morgan fingerprint density at radius 3 is 2.94 bits per heavy atom. The largest absolute Gasteiger partial charge is 0.480 e. The molecule has 0 radical (unpaired) electrons. The highest BCUT2D eigenvalue weighted by molar-refractivity contribution is 7.99. The van der Waals surface area contributed by atoms with Crippen molar-refractivity contribution < 1.29 is 19.4 Å². The Balaban J connectivity index is 1.90. The molecule has 6 nitrogen and oxygen atoms in total. The van der Waals surface area contributed by atoms with E-state index >= 15 is 0 Å². The Hall–Kier alpha value is -0.950. The summed E-state index contributed by atoms with van der Waals surface area (Å²) in [5.74, 6) is -0.0388. The van der Waals surface area contributed by atoms with Gasteiger partial charge in [-0.05, 0) is 6.42 Å². The van der Waals surface area contributed by atoms with E-state index in [1.54, 1.807) is 0 Å². The second kappa shape index (κ2) is 4.92. The third-order valence-electron chi connectivity index (χ3n) is 2.69. The van der Waals surface area contributed by atoms with Gasteiger partial charge in [-0.1, -0.05) is 0 Å². The van der Waals surface area contributed by atoms with Crippen molar-refractivity contribution in [3.05, 3.63) is 0 Å². The minimum atomic E-state index is -0.942. The molecule has 2 aliphatic heterocycles. The van der Waals surface area contributed by atoms with E-state index in [0.29, 0.717) is 24.8 Å². The van der Waals surface area contributed by atoms with E-state index in [2.05, 4.69) is 5.32 Å². The first-order chi connectivity index (χ1) is 7.68. The van der Waals surface area contributed by atoms with Gasteiger partial charge in [0.2, 0.25) is 0 Å². The summed E-state index contributed by atoms with van der Waals surface area (Å²) in [5.41, 5.74) is 0. The molecular weight excluding hydrogens is 232 g/mol. The number of carbonyl (C=O) groups is 2. The fourth-order valence-electron chi connectivity index (χ4n) is 1.75. The lowest BCUT2D eigenvalue weighted by Gasteiger charge is -2.22. The Morgan fingerprint density at radius 2 is 2.31 bits per heavy atom. The van der Waals surface area contributed by atoms with E-state index < -0.39 is 12.0 Å². The number of carboxylic acids is 1. The maximum atomic E-state index is 11.8. The average Bonchev–Trinajstić information content (AvgIpc) is 2.86. The number of amides is 2. The number of hydrogen-bond acceptors (Lipinski definition) is 4. The van der Waals surface area contributed by atoms with Crippen molar-refractivity contribution in [1.82, 2.24) is 10.2 Å². The molecule has 1 unspecified atom stereocenters. The first-order valence-corrected chi connectivity index (χ1v) is 6.29. The molecule has 2 saturated heterocycles. The topological polar surface area (TPSA) is 78.9 Å². The van der Waals surface area contributed by atoms with Gasteiger partial charge in [0, 0.05) is 12.4 Å². The van der Waals surface area contributed by atoms with Crippen LogP contribution in [0.1, 0.15) is 6.42 Å². The number of urea groups is 1. The summed E-state index contributed by atoms with van der Waals surface area (Å²) in [4.78, 5) is 24.1. The standard InChI is InChI=1S/C9H14N2O4S/c12-8(13)7-4-16-5-11(7)9(14)10-6-1-2-15-3-6/h6-7H,1-5H2,(H,10,14)(H,12,13)/t6?,7-/m0/s1. The minimum absolute atomic E-state index is 0.0209. The Bertz CT molecular complexity index is 293. The van der Waals surface area contributed by atoms with Crippen LogP contribution in [0.15, 0.2) is 0 Å². The molecule has 2 N–H and O–H groups in total. The smallest absolute Gasteiger partial charge is 0.327 e. The molecular formula is C9H14N2O4S. The number of nitrogens with zero attached hydrogens (tertiary/aromatic N) is 1. The van der Waals surface area contributed by atoms with Gasteiger partial charge in [-0.25, -0.2) is 9.59 Å². The monoisotopic (exact) mass is 246 g/mol. The molecule has 0 saturated carbocycles. The van der Waals surface area contributed by atoms with Crippen LogP contribution < -0.4 is 5.32 Å². The molecule has 2 rings (SSSR count). The Kier molecular flexibility index (Phi) is 3.55. The molecule has 2 heterocycles. The quantitative estimate of drug-likeness (QED) is 0.714. The van der Waals surface area contributed by atoms with E-state index in [0.717, 1.165) is 6.42 Å². The Labute approximate surface area is 97.3 Å². The average molecular weight is 246 g/mol. The molecule has 7 heteroatoms. The van der Waals surface area contributed by atoms with Crippen molar-refractivity contribution in [3.8, 4) is 0 Å². The van der Waals surface area contributed by atoms with Gasteiger partial charge in [0.25, 0.3) is 0 Å². The molecule has 0 aromatic heterocycles. The zero-order valence-corrected chi connectivity index (χ0v) is 9.53. The molecule has 2 aliphatic rings. The second-order valence-electron chi connectivity index (χ2n) is 3.83. The fourth-order valence-corrected chi connectivity index (χ4v) is 2.90. The summed E-state index contributed by atoms with van der Waals surface area (Å²) in [6.07, 6.45) is 0.796. The highest BCUT2D eigenvalue weighted by atomic mass is 32.2. The first kappa shape index (κ1) is 11.5. The predicted octanol–water partition coefficient (Wildman–Crippen LogP) is -0.0556. The maximum Gasteiger partial charge on any atom is 0.327 e. The molecule has 2 atom stereocenters. The molecule has 90 valence electrons. The van der Waals surface area contributed by atoms with Crippen LogP contribution >= 0.6 is 11.8 Å². The van der Waals surface area contributed by atoms with Crippen molar-refractivity contribution in [1.29, 1.82) is 0 Å². The maximum absolute atomic E-state index is 11.8. The van der Waals surface area contributed by atoms with Gasteiger partial charge < -0.3 is 20.1 Å². The lowest BCUT2D eigenvalue weighted by atomic mass is 10.2. The number of nitrogens with one attached hydrogen (secondary N) is 1. The van der Waals surface area contributed by atoms with E-state index in [-0.39, 0.29) is 12.1 Å². The lowest BCUT2D eigenvalue weighted by molar-refractivity contribution is -0.140. The van der Waals surface area contributed by atoms with Crippen LogP contribution in [0.4, 0.5) is 4.79 Å². The molecule has 0 spiro atoms. The van der Waals surface area contributed by atoms with Crippen molar-refractivity contribution in [2.24, 2.45) is 0 Å². The van der Waals surface area contributed by atoms with Gasteiger partial charge in [-0.3, -0.25) is 0 Å². The van der Waals surface area contributed by atoms with Crippen LogP contribution in [0.25, 0.3) is 0 Å². The van der Waals surface area contributed by atoms with Crippen LogP contribution in [0.2, 0.25) is 0 Å². The molecule has 0 aromatic carbocycles. The summed E-state index contributed by atoms with van der Waals surface area (Å²) in [7, 11) is 0. The van der Waals surface area contributed by atoms with Crippen LogP contribution in [0, 0.1) is 0 Å². The van der Waals surface area contributed by atoms with Gasteiger partial charge in [-0.15, -0.1) is 11.8 Å². The summed E-state index contributed by atoms with van der Waals surface area (Å²) in [6.45, 7) is 1.17. The lowest BCUT2D eigenvalue weighted by Crippen LogP contribution is -2.49. The number of rotatable bonds is 2. The number of hydrogen-bond donors (Lipinski definition) is 2. The predicted molar refractivity (Wildman–Crippen MR) is 58.3 cm³/mol. The summed E-state index contributed by atoms with van der Waals surface area (Å²) >= 11 is 1.46. The number of carboxylic acid groups (broad SMARTS) is 1. The van der Waals surface area contributed by atoms with Crippen LogP contribution in [0.3, 0.4) is 0 Å². The third kappa shape index (κ3) is 2.41. The SMILES string of the molecule is O=C(O)[C@@H]1CSCN1C(=O)NC1CCOC1. The molecule has 2 fully saturated rings. The number of aliphatic carboxylic acids is 1. The highest BCUT2D eigenvalue weighted by Gasteiger charge is 2.35. The molecule has 16 heavy (non-hydrogen) atoms. The Morgan fingerprint density at radius 1 is 1.50 bits per heavy atom. The number of thioether (sulfide) groups is 1. The minimum Gasteiger partial charge on any atom is -0.480 e. The molecule has 0 aromatic rings. The summed E-state index contributed by atoms with van der Waals surface area (Å²) < 4.78 is 5.14. The van der Waals surface area contributed by atoms with Crippen molar-refractivity contribution in [3.63, 3.8) is 0 Å². The zero-order chi connectivity index (χ0) is 11.5. The van der Waals surface area contributed by atoms with Gasteiger partial charge in [0.05, 0.1) is 18.5 Å². The first-order valence-electron chi connectivity index (χ1n) is 5.14. The molecule has 2 amide bonds. The summed E-state index contributed by atoms with van der Waals surface area (Å²) in [5, 5.41) is 11.7. The van der Waals surface area contributed by atoms with Crippen LogP contribution in [-0.2, 0) is 9.53 Å². The van der Waals surface area contributed by atoms with E-state index in [9.17, 15) is 9.59 Å². The summed E-state index contributed by atoms with van der Waals surface area (Å²) in [6, 6.07) is -0.979. The van der Waals surface area contributed by atoms with E-state index in [4.69, 9.17) is 9.84 Å². The number of carbonyl (C=O) groups excluding carboxylic acids is 1. The fraction of sp³-hybridized carbons (Fsp3) is 0.778. The van der Waals surface area contributed by atoms with Crippen LogP contribution in [0.5, 0.6) is 0 Å². The van der Waals surface area contributed by atoms with Crippen LogP contribution in [-0.4, -0.2) is 58.9 Å². The third-order valence-corrected chi connectivity index (χ3v) is 3.70. The molecule has 0 bridgehead atoms. The van der Waals surface area contributed by atoms with E-state index in [1.165, 1.54) is 16.7 Å². The van der Waals surface area contributed by atoms with Gasteiger partial charge in [-0.2, -0.15) is 0 Å². The highest BCUT2D eigenvalue weighted by Crippen LogP contribution is 2.21.